The summed E-state index contributed by atoms with van der Waals surface area (Å²) in [4.78, 5) is 30.4. The first-order valence-electron chi connectivity index (χ1n) is 13.0. The summed E-state index contributed by atoms with van der Waals surface area (Å²) in [5.74, 6) is 0.800. The number of carbonyl (C=O) groups excluding carboxylic acids is 2. The molecule has 2 amide bonds. The molecular formula is C29H38BrN3O2. The molecular weight excluding hydrogens is 502 g/mol. The third-order valence-electron chi connectivity index (χ3n) is 7.57. The average Bonchev–Trinajstić information content (AvgIpc) is 3.14. The summed E-state index contributed by atoms with van der Waals surface area (Å²) in [6, 6.07) is 18.6. The zero-order valence-electron chi connectivity index (χ0n) is 21.0. The number of likely N-dealkylation sites (tertiary alicyclic amines) is 2. The highest BCUT2D eigenvalue weighted by molar-refractivity contribution is 9.10. The van der Waals surface area contributed by atoms with Gasteiger partial charge in [-0.05, 0) is 68.0 Å². The van der Waals surface area contributed by atoms with E-state index in [0.29, 0.717) is 24.8 Å². The van der Waals surface area contributed by atoms with E-state index in [2.05, 4.69) is 69.2 Å². The van der Waals surface area contributed by atoms with Gasteiger partial charge in [0, 0.05) is 30.5 Å². The summed E-state index contributed by atoms with van der Waals surface area (Å²) in [5, 5.41) is 3.26. The van der Waals surface area contributed by atoms with Crippen molar-refractivity contribution in [2.45, 2.75) is 58.5 Å². The van der Waals surface area contributed by atoms with Gasteiger partial charge in [0.1, 0.15) is 0 Å². The molecule has 1 spiro atoms. The molecule has 1 unspecified atom stereocenters. The van der Waals surface area contributed by atoms with E-state index >= 15 is 0 Å². The number of hydrogen-bond acceptors (Lipinski definition) is 3. The Kier molecular flexibility index (Phi) is 8.66. The van der Waals surface area contributed by atoms with Gasteiger partial charge in [-0.25, -0.2) is 0 Å². The first kappa shape index (κ1) is 25.9. The predicted octanol–water partition coefficient (Wildman–Crippen LogP) is 5.56. The molecule has 2 saturated heterocycles. The van der Waals surface area contributed by atoms with Crippen molar-refractivity contribution in [1.29, 1.82) is 0 Å². The van der Waals surface area contributed by atoms with Gasteiger partial charge >= 0.3 is 0 Å². The maximum absolute atomic E-state index is 13.4. The lowest BCUT2D eigenvalue weighted by Gasteiger charge is -2.38. The topological polar surface area (TPSA) is 52.7 Å². The summed E-state index contributed by atoms with van der Waals surface area (Å²) in [5.41, 5.74) is 2.16. The number of halogens is 1. The molecule has 1 N–H and O–H groups in total. The highest BCUT2D eigenvalue weighted by atomic mass is 79.9. The molecule has 1 atom stereocenters. The van der Waals surface area contributed by atoms with Crippen LogP contribution in [0.4, 0.5) is 0 Å². The summed E-state index contributed by atoms with van der Waals surface area (Å²) in [6.07, 6.45) is 4.25. The Morgan fingerprint density at radius 2 is 1.66 bits per heavy atom. The Morgan fingerprint density at radius 3 is 2.31 bits per heavy atom. The molecule has 2 aliphatic rings. The van der Waals surface area contributed by atoms with Crippen LogP contribution in [0.15, 0.2) is 59.1 Å². The molecule has 188 valence electrons. The van der Waals surface area contributed by atoms with Crippen LogP contribution in [0.2, 0.25) is 0 Å². The normalized spacial score (nSPS) is 18.9. The Labute approximate surface area is 218 Å². The van der Waals surface area contributed by atoms with Crippen LogP contribution in [0, 0.1) is 11.3 Å². The quantitative estimate of drug-likeness (QED) is 0.454. The summed E-state index contributed by atoms with van der Waals surface area (Å²) >= 11 is 3.48. The summed E-state index contributed by atoms with van der Waals surface area (Å²) in [6.45, 7) is 8.52. The van der Waals surface area contributed by atoms with E-state index in [1.165, 1.54) is 5.56 Å². The monoisotopic (exact) mass is 539 g/mol. The summed E-state index contributed by atoms with van der Waals surface area (Å²) in [7, 11) is 0. The van der Waals surface area contributed by atoms with Crippen molar-refractivity contribution >= 4 is 27.7 Å². The Bertz CT molecular complexity index is 985. The minimum absolute atomic E-state index is 0.0212. The lowest BCUT2D eigenvalue weighted by atomic mass is 9.77. The molecule has 2 aromatic rings. The van der Waals surface area contributed by atoms with Gasteiger partial charge in [-0.1, -0.05) is 72.2 Å². The number of carbonyl (C=O) groups is 2. The van der Waals surface area contributed by atoms with Crippen molar-refractivity contribution in [3.8, 4) is 0 Å². The molecule has 35 heavy (non-hydrogen) atoms. The van der Waals surface area contributed by atoms with Crippen molar-refractivity contribution in [2.75, 3.05) is 26.2 Å². The number of nitrogens with one attached hydrogen (secondary N) is 1. The fraction of sp³-hybridized carbons (Fsp3) is 0.517. The van der Waals surface area contributed by atoms with Crippen LogP contribution in [0.5, 0.6) is 0 Å². The van der Waals surface area contributed by atoms with Crippen LogP contribution < -0.4 is 5.32 Å². The van der Waals surface area contributed by atoms with Crippen molar-refractivity contribution < 1.29 is 9.59 Å². The molecule has 2 fully saturated rings. The zero-order valence-corrected chi connectivity index (χ0v) is 22.6. The first-order chi connectivity index (χ1) is 16.8. The number of piperidine rings is 1. The van der Waals surface area contributed by atoms with Crippen molar-refractivity contribution in [1.82, 2.24) is 15.1 Å². The van der Waals surface area contributed by atoms with E-state index < -0.39 is 0 Å². The van der Waals surface area contributed by atoms with Gasteiger partial charge < -0.3 is 15.1 Å². The van der Waals surface area contributed by atoms with Crippen LogP contribution >= 0.6 is 15.9 Å². The molecule has 6 heteroatoms. The smallest absolute Gasteiger partial charge is 0.229 e. The largest absolute Gasteiger partial charge is 0.349 e. The molecule has 4 rings (SSSR count). The van der Waals surface area contributed by atoms with Crippen LogP contribution in [-0.4, -0.2) is 47.8 Å². The van der Waals surface area contributed by atoms with E-state index in [1.807, 2.05) is 30.3 Å². The molecule has 0 radical (unpaired) electrons. The van der Waals surface area contributed by atoms with Gasteiger partial charge in [0.25, 0.3) is 0 Å². The standard InChI is InChI=1S/C29H38BrN3O2/c1-22(2)20-27(34)31-26(24-6-4-3-5-7-24)12-16-32-17-13-29(14-18-32)15-19-33(28(29)35)21-23-8-10-25(30)11-9-23/h3-11,22,26H,12-21H2,1-2H3,(H,31,34). The SMILES string of the molecule is CC(C)CC(=O)NC(CCN1CCC2(CC1)CCN(Cc1ccc(Br)cc1)C2=O)c1ccccc1. The van der Waals surface area contributed by atoms with Crippen LogP contribution in [0.25, 0.3) is 0 Å². The predicted molar refractivity (Wildman–Crippen MR) is 144 cm³/mol. The second-order valence-corrected chi connectivity index (χ2v) is 11.6. The van der Waals surface area contributed by atoms with Crippen molar-refractivity contribution in [2.24, 2.45) is 11.3 Å². The first-order valence-corrected chi connectivity index (χ1v) is 13.7. The van der Waals surface area contributed by atoms with Gasteiger partial charge in [0.05, 0.1) is 11.5 Å². The molecule has 2 heterocycles. The molecule has 0 saturated carbocycles. The minimum Gasteiger partial charge on any atom is -0.349 e. The molecule has 0 aliphatic carbocycles. The van der Waals surface area contributed by atoms with Gasteiger partial charge in [-0.15, -0.1) is 0 Å². The van der Waals surface area contributed by atoms with Gasteiger partial charge in [-0.3, -0.25) is 9.59 Å². The molecule has 5 nitrogen and oxygen atoms in total. The number of amides is 2. The van der Waals surface area contributed by atoms with E-state index in [4.69, 9.17) is 0 Å². The van der Waals surface area contributed by atoms with Gasteiger partial charge in [-0.2, -0.15) is 0 Å². The second kappa shape index (κ2) is 11.7. The van der Waals surface area contributed by atoms with Gasteiger partial charge in [0.15, 0.2) is 0 Å². The molecule has 2 aromatic carbocycles. The van der Waals surface area contributed by atoms with E-state index in [0.717, 1.165) is 61.9 Å². The Morgan fingerprint density at radius 1 is 1.00 bits per heavy atom. The number of hydrogen-bond donors (Lipinski definition) is 1. The Hall–Kier alpha value is -2.18. The maximum atomic E-state index is 13.4. The minimum atomic E-state index is -0.184. The second-order valence-electron chi connectivity index (χ2n) is 10.6. The van der Waals surface area contributed by atoms with E-state index in [1.54, 1.807) is 0 Å². The van der Waals surface area contributed by atoms with E-state index in [9.17, 15) is 9.59 Å². The maximum Gasteiger partial charge on any atom is 0.229 e. The number of rotatable bonds is 9. The Balaban J connectivity index is 1.30. The fourth-order valence-electron chi connectivity index (χ4n) is 5.47. The lowest BCUT2D eigenvalue weighted by Crippen LogP contribution is -2.45. The summed E-state index contributed by atoms with van der Waals surface area (Å²) < 4.78 is 1.06. The zero-order chi connectivity index (χ0) is 24.8. The lowest BCUT2D eigenvalue weighted by molar-refractivity contribution is -0.139. The molecule has 0 aromatic heterocycles. The highest BCUT2D eigenvalue weighted by Crippen LogP contribution is 2.42. The van der Waals surface area contributed by atoms with Crippen molar-refractivity contribution in [3.63, 3.8) is 0 Å². The van der Waals surface area contributed by atoms with Crippen LogP contribution in [0.3, 0.4) is 0 Å². The van der Waals surface area contributed by atoms with Crippen LogP contribution in [0.1, 0.15) is 63.1 Å². The number of benzene rings is 2. The molecule has 0 bridgehead atoms. The third kappa shape index (κ3) is 6.73. The van der Waals surface area contributed by atoms with Gasteiger partial charge in [0.2, 0.25) is 11.8 Å². The molecule has 2 aliphatic heterocycles. The van der Waals surface area contributed by atoms with E-state index in [-0.39, 0.29) is 17.4 Å². The fourth-order valence-corrected chi connectivity index (χ4v) is 5.73. The van der Waals surface area contributed by atoms with Crippen LogP contribution in [-0.2, 0) is 16.1 Å². The highest BCUT2D eigenvalue weighted by Gasteiger charge is 2.47. The third-order valence-corrected chi connectivity index (χ3v) is 8.09. The number of nitrogens with zero attached hydrogens (tertiary/aromatic N) is 2. The average molecular weight is 541 g/mol. The van der Waals surface area contributed by atoms with Crippen molar-refractivity contribution in [3.05, 3.63) is 70.2 Å².